The van der Waals surface area contributed by atoms with E-state index in [0.29, 0.717) is 16.8 Å². The summed E-state index contributed by atoms with van der Waals surface area (Å²) in [6, 6.07) is 12.7. The first-order valence-corrected chi connectivity index (χ1v) is 16.8. The van der Waals surface area contributed by atoms with Gasteiger partial charge in [0.05, 0.1) is 34.4 Å². The number of nitrogens with zero attached hydrogens (tertiary/aromatic N) is 5. The van der Waals surface area contributed by atoms with Crippen LogP contribution >= 0.6 is 0 Å². The van der Waals surface area contributed by atoms with Gasteiger partial charge in [-0.2, -0.15) is 5.10 Å². The topological polar surface area (TPSA) is 121 Å². The van der Waals surface area contributed by atoms with E-state index in [-0.39, 0.29) is 12.2 Å². The molecular formula is C33H32FN7O2S. The van der Waals surface area contributed by atoms with Gasteiger partial charge in [-0.05, 0) is 85.4 Å². The van der Waals surface area contributed by atoms with Gasteiger partial charge in [0.2, 0.25) is 0 Å². The van der Waals surface area contributed by atoms with E-state index >= 15 is 0 Å². The molecule has 0 bridgehead atoms. The van der Waals surface area contributed by atoms with E-state index in [2.05, 4.69) is 36.1 Å². The number of fused-ring (bicyclic) bond motifs is 2. The van der Waals surface area contributed by atoms with Crippen LogP contribution < -0.4 is 0 Å². The zero-order valence-electron chi connectivity index (χ0n) is 24.3. The Morgan fingerprint density at radius 3 is 2.55 bits per heavy atom. The van der Waals surface area contributed by atoms with Crippen molar-refractivity contribution in [2.75, 3.05) is 25.1 Å². The minimum Gasteiger partial charge on any atom is -0.352 e. The van der Waals surface area contributed by atoms with Crippen LogP contribution in [0.2, 0.25) is 0 Å². The van der Waals surface area contributed by atoms with Crippen molar-refractivity contribution in [2.24, 2.45) is 0 Å². The smallest absolute Gasteiger partial charge is 0.147 e. The highest BCUT2D eigenvalue weighted by Gasteiger charge is 2.17. The highest BCUT2D eigenvalue weighted by atomic mass is 32.2. The zero-order chi connectivity index (χ0) is 30.3. The number of halogens is 1. The number of rotatable bonds is 8. The van der Waals surface area contributed by atoms with Crippen molar-refractivity contribution < 1.29 is 12.8 Å². The van der Waals surface area contributed by atoms with Gasteiger partial charge in [0.25, 0.3) is 0 Å². The largest absolute Gasteiger partial charge is 0.352 e. The Hall–Kier alpha value is -4.48. The molecule has 0 saturated carbocycles. The fraction of sp³-hybridized carbons (Fsp3) is 0.273. The van der Waals surface area contributed by atoms with Crippen LogP contribution in [-0.4, -0.2) is 68.5 Å². The zero-order valence-corrected chi connectivity index (χ0v) is 25.2. The van der Waals surface area contributed by atoms with Gasteiger partial charge in [-0.25, -0.2) is 17.8 Å². The molecule has 11 heteroatoms. The number of hydrogen-bond acceptors (Lipinski definition) is 7. The van der Waals surface area contributed by atoms with Gasteiger partial charge >= 0.3 is 0 Å². The van der Waals surface area contributed by atoms with Crippen molar-refractivity contribution in [1.82, 2.24) is 35.0 Å². The first-order chi connectivity index (χ1) is 21.3. The number of aromatic amines is 2. The molecule has 9 nitrogen and oxygen atoms in total. The van der Waals surface area contributed by atoms with Crippen molar-refractivity contribution in [3.05, 3.63) is 84.2 Å². The normalized spacial score (nSPS) is 14.5. The van der Waals surface area contributed by atoms with Gasteiger partial charge in [0, 0.05) is 47.9 Å². The quantitative estimate of drug-likeness (QED) is 0.219. The standard InChI is InChI=1S/C33H32FN7O2S/c1-44(42,43)10-7-21-11-23(14-25(34)13-21)27-18-36-19-31-26(27)15-30(37-31)33-32-29(39-40-33)6-5-28(38-32)24-12-22(16-35-17-24)20-41-8-3-2-4-9-41/h5-6,11-19,37H,2-4,7-10,20H2,1H3,(H,39,40). The van der Waals surface area contributed by atoms with Gasteiger partial charge in [0.1, 0.15) is 26.9 Å². The second-order valence-corrected chi connectivity index (χ2v) is 13.9. The molecule has 1 aromatic carbocycles. The Kier molecular flexibility index (Phi) is 7.43. The van der Waals surface area contributed by atoms with Crippen LogP contribution in [0.5, 0.6) is 0 Å². The third kappa shape index (κ3) is 5.97. The second kappa shape index (κ2) is 11.5. The molecule has 224 valence electrons. The van der Waals surface area contributed by atoms with E-state index < -0.39 is 15.7 Å². The SMILES string of the molecule is CS(=O)(=O)CCc1cc(F)cc(-c2cncc3[nH]c(-c4n[nH]c5ccc(-c6cncc(CN7CCCCC7)c6)nc45)cc23)c1. The van der Waals surface area contributed by atoms with Crippen molar-refractivity contribution in [3.63, 3.8) is 0 Å². The Morgan fingerprint density at radius 1 is 0.886 bits per heavy atom. The number of aromatic nitrogens is 6. The molecule has 7 rings (SSSR count). The van der Waals surface area contributed by atoms with E-state index in [1.807, 2.05) is 36.7 Å². The van der Waals surface area contributed by atoms with Crippen molar-refractivity contribution >= 4 is 31.8 Å². The third-order valence-corrected chi connectivity index (χ3v) is 9.13. The Labute approximate surface area is 254 Å². The summed E-state index contributed by atoms with van der Waals surface area (Å²) >= 11 is 0. The molecule has 1 aliphatic heterocycles. The Bertz CT molecular complexity index is 2100. The molecule has 44 heavy (non-hydrogen) atoms. The van der Waals surface area contributed by atoms with Crippen molar-refractivity contribution in [1.29, 1.82) is 0 Å². The number of nitrogens with one attached hydrogen (secondary N) is 2. The fourth-order valence-electron chi connectivity index (χ4n) is 6.00. The molecule has 6 aromatic rings. The first-order valence-electron chi connectivity index (χ1n) is 14.8. The van der Waals surface area contributed by atoms with Crippen molar-refractivity contribution in [2.45, 2.75) is 32.2 Å². The number of hydrogen-bond donors (Lipinski definition) is 2. The molecule has 0 radical (unpaired) electrons. The summed E-state index contributed by atoms with van der Waals surface area (Å²) in [5.74, 6) is -0.476. The summed E-state index contributed by atoms with van der Waals surface area (Å²) in [5.41, 5.74) is 8.61. The maximum Gasteiger partial charge on any atom is 0.147 e. The fourth-order valence-corrected chi connectivity index (χ4v) is 6.61. The molecule has 6 heterocycles. The highest BCUT2D eigenvalue weighted by Crippen LogP contribution is 2.34. The van der Waals surface area contributed by atoms with E-state index in [1.54, 1.807) is 12.4 Å². The summed E-state index contributed by atoms with van der Waals surface area (Å²) in [7, 11) is -3.18. The van der Waals surface area contributed by atoms with Gasteiger partial charge in [-0.15, -0.1) is 0 Å². The lowest BCUT2D eigenvalue weighted by Crippen LogP contribution is -2.29. The minimum absolute atomic E-state index is 0.0489. The monoisotopic (exact) mass is 609 g/mol. The molecule has 1 saturated heterocycles. The van der Waals surface area contributed by atoms with Gasteiger partial charge < -0.3 is 4.98 Å². The minimum atomic E-state index is -3.18. The summed E-state index contributed by atoms with van der Waals surface area (Å²) in [5, 5.41) is 8.53. The van der Waals surface area contributed by atoms with Crippen LogP contribution in [0.4, 0.5) is 4.39 Å². The van der Waals surface area contributed by atoms with Crippen LogP contribution in [0.3, 0.4) is 0 Å². The van der Waals surface area contributed by atoms with Crippen LogP contribution in [0, 0.1) is 5.82 Å². The van der Waals surface area contributed by atoms with Crippen LogP contribution in [0.25, 0.3) is 55.7 Å². The number of pyridine rings is 3. The number of likely N-dealkylation sites (tertiary alicyclic amines) is 1. The average molecular weight is 610 g/mol. The molecule has 1 aliphatic rings. The van der Waals surface area contributed by atoms with Gasteiger partial charge in [-0.1, -0.05) is 12.5 Å². The van der Waals surface area contributed by atoms with E-state index in [9.17, 15) is 12.8 Å². The lowest BCUT2D eigenvalue weighted by atomic mass is 10.0. The Balaban J connectivity index is 1.23. The predicted octanol–water partition coefficient (Wildman–Crippen LogP) is 5.94. The lowest BCUT2D eigenvalue weighted by Gasteiger charge is -2.26. The summed E-state index contributed by atoms with van der Waals surface area (Å²) in [6.45, 7) is 3.13. The van der Waals surface area contributed by atoms with E-state index in [4.69, 9.17) is 4.98 Å². The van der Waals surface area contributed by atoms with Gasteiger partial charge in [-0.3, -0.25) is 20.0 Å². The third-order valence-electron chi connectivity index (χ3n) is 8.18. The molecule has 0 aliphatic carbocycles. The molecule has 2 N–H and O–H groups in total. The van der Waals surface area contributed by atoms with E-state index in [1.165, 1.54) is 43.2 Å². The summed E-state index contributed by atoms with van der Waals surface area (Å²) in [4.78, 5) is 19.8. The van der Waals surface area contributed by atoms with Crippen molar-refractivity contribution in [3.8, 4) is 33.8 Å². The molecule has 5 aromatic heterocycles. The number of benzene rings is 1. The average Bonchev–Trinajstić information content (AvgIpc) is 3.64. The number of aryl methyl sites for hydroxylation is 1. The van der Waals surface area contributed by atoms with Crippen LogP contribution in [-0.2, 0) is 22.8 Å². The molecule has 0 atom stereocenters. The second-order valence-electron chi connectivity index (χ2n) is 11.6. The molecule has 0 unspecified atom stereocenters. The van der Waals surface area contributed by atoms with Crippen LogP contribution in [0.15, 0.2) is 67.3 Å². The maximum absolute atomic E-state index is 14.6. The number of piperidine rings is 1. The highest BCUT2D eigenvalue weighted by molar-refractivity contribution is 7.90. The summed E-state index contributed by atoms with van der Waals surface area (Å²) < 4.78 is 38.0. The molecule has 1 fully saturated rings. The molecule has 0 amide bonds. The van der Waals surface area contributed by atoms with E-state index in [0.717, 1.165) is 64.1 Å². The molecule has 0 spiro atoms. The first kappa shape index (κ1) is 28.3. The predicted molar refractivity (Wildman–Crippen MR) is 170 cm³/mol. The molecular weight excluding hydrogens is 577 g/mol. The van der Waals surface area contributed by atoms with Gasteiger partial charge in [0.15, 0.2) is 0 Å². The van der Waals surface area contributed by atoms with Crippen LogP contribution in [0.1, 0.15) is 30.4 Å². The number of H-pyrrole nitrogens is 2. The number of sulfone groups is 1. The Morgan fingerprint density at radius 2 is 1.70 bits per heavy atom. The summed E-state index contributed by atoms with van der Waals surface area (Å²) in [6.07, 6.45) is 12.4. The maximum atomic E-state index is 14.6. The lowest BCUT2D eigenvalue weighted by molar-refractivity contribution is 0.220.